The average Bonchev–Trinajstić information content (AvgIpc) is 2.44. The largest absolute Gasteiger partial charge is 0.465 e. The Kier molecular flexibility index (Phi) is 6.74. The molecule has 0 bridgehead atoms. The maximum atomic E-state index is 11.8. The number of hydrogen-bond acceptors (Lipinski definition) is 4. The summed E-state index contributed by atoms with van der Waals surface area (Å²) < 4.78 is 33.0. The Morgan fingerprint density at radius 1 is 1.33 bits per heavy atom. The summed E-state index contributed by atoms with van der Waals surface area (Å²) in [5.41, 5.74) is 1.39. The monoisotopic (exact) mass is 301 g/mol. The number of alkyl halides is 2. The second-order valence-corrected chi connectivity index (χ2v) is 4.30. The number of halogens is 2. The maximum absolute atomic E-state index is 11.8. The molecule has 1 amide bonds. The zero-order valence-electron chi connectivity index (χ0n) is 11.8. The summed E-state index contributed by atoms with van der Waals surface area (Å²) in [6.45, 7) is 0.983. The molecule has 1 aromatic carbocycles. The molecule has 7 heteroatoms. The van der Waals surface area contributed by atoms with Crippen molar-refractivity contribution in [1.29, 1.82) is 0 Å². The van der Waals surface area contributed by atoms with Gasteiger partial charge in [-0.3, -0.25) is 4.79 Å². The van der Waals surface area contributed by atoms with Crippen molar-refractivity contribution in [3.05, 3.63) is 29.3 Å². The van der Waals surface area contributed by atoms with E-state index >= 15 is 0 Å². The van der Waals surface area contributed by atoms with Crippen LogP contribution in [0, 0.1) is 6.92 Å². The number of nitrogens with one attached hydrogen (secondary N) is 1. The van der Waals surface area contributed by atoms with Crippen molar-refractivity contribution < 1.29 is 27.8 Å². The Labute approximate surface area is 121 Å². The van der Waals surface area contributed by atoms with Crippen LogP contribution in [0.5, 0.6) is 0 Å². The SMILES string of the molecule is COC(=O)c1cc(C)ccc1NC(=O)CCOCC(F)F. The predicted molar refractivity (Wildman–Crippen MR) is 72.6 cm³/mol. The van der Waals surface area contributed by atoms with E-state index in [2.05, 4.69) is 14.8 Å². The minimum Gasteiger partial charge on any atom is -0.465 e. The van der Waals surface area contributed by atoms with E-state index in [9.17, 15) is 18.4 Å². The van der Waals surface area contributed by atoms with Crippen LogP contribution in [0.3, 0.4) is 0 Å². The van der Waals surface area contributed by atoms with Crippen LogP contribution in [0.2, 0.25) is 0 Å². The summed E-state index contributed by atoms with van der Waals surface area (Å²) in [7, 11) is 1.24. The number of aryl methyl sites for hydroxylation is 1. The highest BCUT2D eigenvalue weighted by Gasteiger charge is 2.14. The first kappa shape index (κ1) is 17.0. The molecule has 0 radical (unpaired) electrons. The molecular weight excluding hydrogens is 284 g/mol. The summed E-state index contributed by atoms with van der Waals surface area (Å²) in [5, 5.41) is 2.53. The van der Waals surface area contributed by atoms with Gasteiger partial charge in [0.05, 0.1) is 31.4 Å². The second-order valence-electron chi connectivity index (χ2n) is 4.30. The topological polar surface area (TPSA) is 64.6 Å². The molecule has 5 nitrogen and oxygen atoms in total. The van der Waals surface area contributed by atoms with Crippen molar-refractivity contribution in [1.82, 2.24) is 0 Å². The number of ether oxygens (including phenoxy) is 2. The molecule has 0 spiro atoms. The van der Waals surface area contributed by atoms with Gasteiger partial charge in [0, 0.05) is 0 Å². The molecule has 0 aromatic heterocycles. The molecule has 0 aliphatic carbocycles. The standard InChI is InChI=1S/C14H17F2NO4/c1-9-3-4-11(10(7-9)14(19)20-2)17-13(18)5-6-21-8-12(15)16/h3-4,7,12H,5-6,8H2,1-2H3,(H,17,18). The highest BCUT2D eigenvalue weighted by atomic mass is 19.3. The Morgan fingerprint density at radius 3 is 2.67 bits per heavy atom. The number of carbonyl (C=O) groups excluding carboxylic acids is 2. The van der Waals surface area contributed by atoms with E-state index in [0.29, 0.717) is 5.69 Å². The van der Waals surface area contributed by atoms with E-state index in [0.717, 1.165) is 5.56 Å². The lowest BCUT2D eigenvalue weighted by molar-refractivity contribution is -0.117. The van der Waals surface area contributed by atoms with Crippen molar-refractivity contribution in [3.63, 3.8) is 0 Å². The summed E-state index contributed by atoms with van der Waals surface area (Å²) in [6, 6.07) is 4.91. The van der Waals surface area contributed by atoms with Gasteiger partial charge in [-0.1, -0.05) is 11.6 Å². The summed E-state index contributed by atoms with van der Waals surface area (Å²) in [4.78, 5) is 23.3. The van der Waals surface area contributed by atoms with E-state index in [1.54, 1.807) is 25.1 Å². The Balaban J connectivity index is 2.61. The highest BCUT2D eigenvalue weighted by molar-refractivity contribution is 6.01. The van der Waals surface area contributed by atoms with Crippen LogP contribution in [0.4, 0.5) is 14.5 Å². The molecule has 0 saturated carbocycles. The molecule has 1 aromatic rings. The first-order valence-corrected chi connectivity index (χ1v) is 6.28. The lowest BCUT2D eigenvalue weighted by Crippen LogP contribution is -2.18. The third kappa shape index (κ3) is 5.86. The van der Waals surface area contributed by atoms with Gasteiger partial charge in [-0.05, 0) is 19.1 Å². The fourth-order valence-electron chi connectivity index (χ4n) is 1.60. The smallest absolute Gasteiger partial charge is 0.339 e. The normalized spacial score (nSPS) is 10.5. The van der Waals surface area contributed by atoms with Crippen molar-refractivity contribution >= 4 is 17.6 Å². The number of rotatable bonds is 7. The van der Waals surface area contributed by atoms with E-state index in [1.165, 1.54) is 7.11 Å². The third-order valence-corrected chi connectivity index (χ3v) is 2.57. The number of benzene rings is 1. The zero-order chi connectivity index (χ0) is 15.8. The van der Waals surface area contributed by atoms with Crippen LogP contribution in [0.15, 0.2) is 18.2 Å². The van der Waals surface area contributed by atoms with Crippen LogP contribution in [-0.2, 0) is 14.3 Å². The van der Waals surface area contributed by atoms with Gasteiger partial charge in [0.25, 0.3) is 6.43 Å². The molecule has 0 fully saturated rings. The molecule has 0 heterocycles. The molecule has 0 atom stereocenters. The first-order chi connectivity index (χ1) is 9.93. The summed E-state index contributed by atoms with van der Waals surface area (Å²) in [5.74, 6) is -0.999. The van der Waals surface area contributed by atoms with Crippen LogP contribution < -0.4 is 5.32 Å². The Hall–Kier alpha value is -2.02. The van der Waals surface area contributed by atoms with E-state index in [4.69, 9.17) is 0 Å². The first-order valence-electron chi connectivity index (χ1n) is 6.28. The Bertz CT molecular complexity index is 506. The van der Waals surface area contributed by atoms with Crippen LogP contribution >= 0.6 is 0 Å². The van der Waals surface area contributed by atoms with E-state index in [1.807, 2.05) is 0 Å². The molecule has 0 aliphatic heterocycles. The molecule has 116 valence electrons. The van der Waals surface area contributed by atoms with Crippen molar-refractivity contribution in [2.75, 3.05) is 25.6 Å². The molecule has 0 saturated heterocycles. The molecule has 1 rings (SSSR count). The van der Waals surface area contributed by atoms with E-state index < -0.39 is 24.9 Å². The number of anilines is 1. The third-order valence-electron chi connectivity index (χ3n) is 2.57. The molecule has 1 N–H and O–H groups in total. The van der Waals surface area contributed by atoms with E-state index in [-0.39, 0.29) is 18.6 Å². The summed E-state index contributed by atoms with van der Waals surface area (Å²) in [6.07, 6.45) is -2.64. The van der Waals surface area contributed by atoms with Gasteiger partial charge in [-0.15, -0.1) is 0 Å². The van der Waals surface area contributed by atoms with Gasteiger partial charge < -0.3 is 14.8 Å². The van der Waals surface area contributed by atoms with Crippen LogP contribution in [0.25, 0.3) is 0 Å². The van der Waals surface area contributed by atoms with Crippen molar-refractivity contribution in [2.45, 2.75) is 19.8 Å². The van der Waals surface area contributed by atoms with Gasteiger partial charge in [0.1, 0.15) is 6.61 Å². The predicted octanol–water partition coefficient (Wildman–Crippen LogP) is 2.39. The van der Waals surface area contributed by atoms with Gasteiger partial charge >= 0.3 is 5.97 Å². The average molecular weight is 301 g/mol. The van der Waals surface area contributed by atoms with Crippen molar-refractivity contribution in [3.8, 4) is 0 Å². The summed E-state index contributed by atoms with van der Waals surface area (Å²) >= 11 is 0. The number of esters is 1. The molecule has 0 unspecified atom stereocenters. The van der Waals surface area contributed by atoms with Crippen LogP contribution in [-0.4, -0.2) is 38.6 Å². The maximum Gasteiger partial charge on any atom is 0.339 e. The molecule has 21 heavy (non-hydrogen) atoms. The lowest BCUT2D eigenvalue weighted by Gasteiger charge is -2.10. The minimum atomic E-state index is -2.56. The zero-order valence-corrected chi connectivity index (χ0v) is 11.8. The fourth-order valence-corrected chi connectivity index (χ4v) is 1.60. The van der Waals surface area contributed by atoms with Gasteiger partial charge in [0.15, 0.2) is 0 Å². The van der Waals surface area contributed by atoms with Crippen molar-refractivity contribution in [2.24, 2.45) is 0 Å². The number of hydrogen-bond donors (Lipinski definition) is 1. The number of methoxy groups -OCH3 is 1. The Morgan fingerprint density at radius 2 is 2.05 bits per heavy atom. The molecule has 0 aliphatic rings. The fraction of sp³-hybridized carbons (Fsp3) is 0.429. The van der Waals surface area contributed by atoms with Gasteiger partial charge in [-0.25, -0.2) is 13.6 Å². The quantitative estimate of drug-likeness (QED) is 0.620. The number of carbonyl (C=O) groups is 2. The van der Waals surface area contributed by atoms with Gasteiger partial charge in [0.2, 0.25) is 5.91 Å². The highest BCUT2D eigenvalue weighted by Crippen LogP contribution is 2.18. The van der Waals surface area contributed by atoms with Gasteiger partial charge in [-0.2, -0.15) is 0 Å². The molecular formula is C14H17F2NO4. The lowest BCUT2D eigenvalue weighted by atomic mass is 10.1. The van der Waals surface area contributed by atoms with Crippen LogP contribution in [0.1, 0.15) is 22.3 Å². The second kappa shape index (κ2) is 8.31. The number of amides is 1. The minimum absolute atomic E-state index is 0.0821.